The van der Waals surface area contributed by atoms with Crippen molar-refractivity contribution in [2.45, 2.75) is 27.2 Å². The van der Waals surface area contributed by atoms with Crippen LogP contribution in [0.2, 0.25) is 0 Å². The second-order valence-electron chi connectivity index (χ2n) is 4.86. The highest BCUT2D eigenvalue weighted by molar-refractivity contribution is 6.14. The van der Waals surface area contributed by atoms with E-state index in [9.17, 15) is 19.2 Å². The molecule has 0 heterocycles. The Morgan fingerprint density at radius 2 is 1.73 bits per heavy atom. The number of rotatable bonds is 2. The SMILES string of the molecule is CC1(C)CC(=O)C(C)(C=O)C(C=O)C1=O. The van der Waals surface area contributed by atoms with Crippen molar-refractivity contribution >= 4 is 24.1 Å². The van der Waals surface area contributed by atoms with Crippen molar-refractivity contribution in [3.63, 3.8) is 0 Å². The van der Waals surface area contributed by atoms with E-state index in [1.165, 1.54) is 6.92 Å². The zero-order valence-electron chi connectivity index (χ0n) is 9.07. The van der Waals surface area contributed by atoms with Crippen molar-refractivity contribution in [1.29, 1.82) is 0 Å². The third-order valence-electron chi connectivity index (χ3n) is 3.18. The molecule has 2 atom stereocenters. The lowest BCUT2D eigenvalue weighted by molar-refractivity contribution is -0.157. The quantitative estimate of drug-likeness (QED) is 0.493. The fourth-order valence-electron chi connectivity index (χ4n) is 1.89. The fourth-order valence-corrected chi connectivity index (χ4v) is 1.89. The van der Waals surface area contributed by atoms with Crippen molar-refractivity contribution in [3.05, 3.63) is 0 Å². The van der Waals surface area contributed by atoms with Gasteiger partial charge in [-0.3, -0.25) is 9.59 Å². The summed E-state index contributed by atoms with van der Waals surface area (Å²) < 4.78 is 0. The van der Waals surface area contributed by atoms with Gasteiger partial charge in [-0.15, -0.1) is 0 Å². The van der Waals surface area contributed by atoms with Crippen LogP contribution in [0, 0.1) is 16.7 Å². The minimum absolute atomic E-state index is 0.0193. The molecule has 4 nitrogen and oxygen atoms in total. The molecule has 0 saturated heterocycles. The molecule has 0 radical (unpaired) electrons. The van der Waals surface area contributed by atoms with Gasteiger partial charge in [0.2, 0.25) is 0 Å². The van der Waals surface area contributed by atoms with E-state index in [1.807, 2.05) is 0 Å². The average Bonchev–Trinajstić information content (AvgIpc) is 2.15. The lowest BCUT2D eigenvalue weighted by atomic mass is 9.59. The molecule has 15 heavy (non-hydrogen) atoms. The van der Waals surface area contributed by atoms with Gasteiger partial charge in [-0.25, -0.2) is 0 Å². The van der Waals surface area contributed by atoms with Crippen LogP contribution in [-0.2, 0) is 19.2 Å². The zero-order chi connectivity index (χ0) is 11.9. The van der Waals surface area contributed by atoms with Crippen LogP contribution < -0.4 is 0 Å². The first kappa shape index (κ1) is 11.8. The van der Waals surface area contributed by atoms with E-state index in [0.717, 1.165) is 0 Å². The van der Waals surface area contributed by atoms with E-state index >= 15 is 0 Å². The molecule has 1 saturated carbocycles. The van der Waals surface area contributed by atoms with Crippen LogP contribution in [0.3, 0.4) is 0 Å². The van der Waals surface area contributed by atoms with Gasteiger partial charge >= 0.3 is 0 Å². The summed E-state index contributed by atoms with van der Waals surface area (Å²) in [6.07, 6.45) is 0.850. The van der Waals surface area contributed by atoms with Gasteiger partial charge in [0.05, 0.1) is 11.3 Å². The molecular weight excluding hydrogens is 196 g/mol. The molecular formula is C11H14O4. The summed E-state index contributed by atoms with van der Waals surface area (Å²) in [4.78, 5) is 45.3. The Hall–Kier alpha value is -1.32. The van der Waals surface area contributed by atoms with Gasteiger partial charge in [-0.2, -0.15) is 0 Å². The Labute approximate surface area is 88.0 Å². The number of Topliss-reactive ketones (excluding diaryl/α,β-unsaturated/α-hetero) is 2. The Bertz CT molecular complexity index is 342. The third kappa shape index (κ3) is 1.54. The Morgan fingerprint density at radius 1 is 1.20 bits per heavy atom. The first-order valence-electron chi connectivity index (χ1n) is 4.79. The summed E-state index contributed by atoms with van der Waals surface area (Å²) in [5.41, 5.74) is -2.31. The number of hydrogen-bond donors (Lipinski definition) is 0. The standard InChI is InChI=1S/C11H14O4/c1-10(2)4-8(14)11(3,6-13)7(5-12)9(10)15/h5-7H,4H2,1-3H3. The van der Waals surface area contributed by atoms with E-state index in [0.29, 0.717) is 12.6 Å². The summed E-state index contributed by atoms with van der Waals surface area (Å²) in [6, 6.07) is 0. The number of aldehydes is 2. The highest BCUT2D eigenvalue weighted by Gasteiger charge is 2.54. The van der Waals surface area contributed by atoms with Gasteiger partial charge in [-0.1, -0.05) is 13.8 Å². The zero-order valence-corrected chi connectivity index (χ0v) is 9.07. The number of carbonyl (C=O) groups excluding carboxylic acids is 4. The summed E-state index contributed by atoms with van der Waals surface area (Å²) >= 11 is 0. The van der Waals surface area contributed by atoms with Crippen LogP contribution in [0.25, 0.3) is 0 Å². The highest BCUT2D eigenvalue weighted by Crippen LogP contribution is 2.41. The van der Waals surface area contributed by atoms with Gasteiger partial charge in [0.15, 0.2) is 5.78 Å². The molecule has 1 rings (SSSR count). The van der Waals surface area contributed by atoms with Gasteiger partial charge in [0, 0.05) is 11.8 Å². The summed E-state index contributed by atoms with van der Waals surface area (Å²) in [5, 5.41) is 0. The van der Waals surface area contributed by atoms with Gasteiger partial charge in [0.25, 0.3) is 0 Å². The molecule has 0 aromatic carbocycles. The molecule has 82 valence electrons. The largest absolute Gasteiger partial charge is 0.303 e. The fraction of sp³-hybridized carbons (Fsp3) is 0.636. The highest BCUT2D eigenvalue weighted by atomic mass is 16.2. The molecule has 0 N–H and O–H groups in total. The lowest BCUT2D eigenvalue weighted by Gasteiger charge is -2.39. The maximum absolute atomic E-state index is 11.9. The van der Waals surface area contributed by atoms with E-state index < -0.39 is 16.7 Å². The molecule has 0 aromatic rings. The number of hydrogen-bond acceptors (Lipinski definition) is 4. The third-order valence-corrected chi connectivity index (χ3v) is 3.18. The van der Waals surface area contributed by atoms with Crippen LogP contribution in [0.5, 0.6) is 0 Å². The van der Waals surface area contributed by atoms with Crippen molar-refractivity contribution in [3.8, 4) is 0 Å². The molecule has 1 aliphatic carbocycles. The minimum Gasteiger partial charge on any atom is -0.303 e. The monoisotopic (exact) mass is 210 g/mol. The van der Waals surface area contributed by atoms with Crippen LogP contribution in [0.1, 0.15) is 27.2 Å². The van der Waals surface area contributed by atoms with Crippen LogP contribution >= 0.6 is 0 Å². The number of carbonyl (C=O) groups is 4. The topological polar surface area (TPSA) is 68.3 Å². The average molecular weight is 210 g/mol. The molecule has 2 unspecified atom stereocenters. The number of ketones is 2. The van der Waals surface area contributed by atoms with E-state index in [4.69, 9.17) is 0 Å². The van der Waals surface area contributed by atoms with Crippen molar-refractivity contribution in [1.82, 2.24) is 0 Å². The molecule has 0 aliphatic heterocycles. The predicted octanol–water partition coefficient (Wildman–Crippen LogP) is 0.575. The van der Waals surface area contributed by atoms with Crippen LogP contribution in [0.4, 0.5) is 0 Å². The summed E-state index contributed by atoms with van der Waals surface area (Å²) in [7, 11) is 0. The molecule has 0 aromatic heterocycles. The Morgan fingerprint density at radius 3 is 2.13 bits per heavy atom. The smallest absolute Gasteiger partial charge is 0.150 e. The first-order valence-corrected chi connectivity index (χ1v) is 4.79. The molecule has 4 heteroatoms. The Kier molecular flexibility index (Phi) is 2.63. The first-order chi connectivity index (χ1) is 6.79. The second kappa shape index (κ2) is 3.36. The van der Waals surface area contributed by atoms with Crippen LogP contribution in [0.15, 0.2) is 0 Å². The summed E-state index contributed by atoms with van der Waals surface area (Å²) in [6.45, 7) is 4.59. The van der Waals surface area contributed by atoms with E-state index in [2.05, 4.69) is 0 Å². The summed E-state index contributed by atoms with van der Waals surface area (Å²) in [5.74, 6) is -1.79. The predicted molar refractivity (Wildman–Crippen MR) is 52.1 cm³/mol. The molecule has 1 fully saturated rings. The van der Waals surface area contributed by atoms with Gasteiger partial charge in [0.1, 0.15) is 18.4 Å². The van der Waals surface area contributed by atoms with Gasteiger partial charge < -0.3 is 9.59 Å². The maximum Gasteiger partial charge on any atom is 0.150 e. The second-order valence-corrected chi connectivity index (χ2v) is 4.86. The van der Waals surface area contributed by atoms with Crippen molar-refractivity contribution in [2.75, 3.05) is 0 Å². The van der Waals surface area contributed by atoms with Crippen molar-refractivity contribution < 1.29 is 19.2 Å². The molecule has 1 aliphatic rings. The van der Waals surface area contributed by atoms with Crippen LogP contribution in [-0.4, -0.2) is 24.1 Å². The molecule has 0 spiro atoms. The van der Waals surface area contributed by atoms with E-state index in [-0.39, 0.29) is 18.0 Å². The molecule has 0 amide bonds. The van der Waals surface area contributed by atoms with E-state index in [1.54, 1.807) is 13.8 Å². The van der Waals surface area contributed by atoms with Gasteiger partial charge in [-0.05, 0) is 6.92 Å². The molecule has 0 bridgehead atoms. The lowest BCUT2D eigenvalue weighted by Crippen LogP contribution is -2.53. The Balaban J connectivity index is 3.26. The minimum atomic E-state index is -1.46. The normalized spacial score (nSPS) is 35.0. The van der Waals surface area contributed by atoms with Crippen molar-refractivity contribution in [2.24, 2.45) is 16.7 Å². The maximum atomic E-state index is 11.9.